The van der Waals surface area contributed by atoms with Crippen LogP contribution < -0.4 is 4.72 Å². The van der Waals surface area contributed by atoms with Gasteiger partial charge < -0.3 is 0 Å². The van der Waals surface area contributed by atoms with Gasteiger partial charge in [-0.2, -0.15) is 0 Å². The van der Waals surface area contributed by atoms with Crippen molar-refractivity contribution in [1.82, 2.24) is 4.98 Å². The highest BCUT2D eigenvalue weighted by Gasteiger charge is 2.21. The summed E-state index contributed by atoms with van der Waals surface area (Å²) in [4.78, 5) is 3.90. The standard InChI is InChI=1S/C11H17ClN2O2S/c1-8-5-9(6-13-10(8)12)14-17(15,16)7-11(2,3)4/h5-6,14H,7H2,1-4H3. The molecule has 0 aliphatic carbocycles. The topological polar surface area (TPSA) is 59.1 Å². The summed E-state index contributed by atoms with van der Waals surface area (Å²) in [6, 6.07) is 1.66. The van der Waals surface area contributed by atoms with E-state index >= 15 is 0 Å². The molecule has 0 bridgehead atoms. The lowest BCUT2D eigenvalue weighted by molar-refractivity contribution is 0.463. The zero-order valence-electron chi connectivity index (χ0n) is 10.4. The molecule has 0 spiro atoms. The Morgan fingerprint density at radius 2 is 2.00 bits per heavy atom. The van der Waals surface area contributed by atoms with Crippen molar-refractivity contribution in [1.29, 1.82) is 0 Å². The Kier molecular flexibility index (Phi) is 4.04. The van der Waals surface area contributed by atoms with Crippen molar-refractivity contribution in [3.8, 4) is 0 Å². The van der Waals surface area contributed by atoms with E-state index in [4.69, 9.17) is 11.6 Å². The van der Waals surface area contributed by atoms with E-state index in [2.05, 4.69) is 9.71 Å². The van der Waals surface area contributed by atoms with Crippen molar-refractivity contribution in [3.63, 3.8) is 0 Å². The fourth-order valence-corrected chi connectivity index (χ4v) is 3.19. The smallest absolute Gasteiger partial charge is 0.233 e. The molecule has 6 heteroatoms. The van der Waals surface area contributed by atoms with Crippen molar-refractivity contribution >= 4 is 27.3 Å². The van der Waals surface area contributed by atoms with E-state index in [1.54, 1.807) is 13.0 Å². The van der Waals surface area contributed by atoms with E-state index < -0.39 is 10.0 Å². The molecule has 0 aliphatic heterocycles. The average molecular weight is 277 g/mol. The SMILES string of the molecule is Cc1cc(NS(=O)(=O)CC(C)(C)C)cnc1Cl. The maximum Gasteiger partial charge on any atom is 0.233 e. The van der Waals surface area contributed by atoms with Gasteiger partial charge in [0.05, 0.1) is 17.6 Å². The normalized spacial score (nSPS) is 12.5. The Hall–Kier alpha value is -0.810. The average Bonchev–Trinajstić information content (AvgIpc) is 2.06. The summed E-state index contributed by atoms with van der Waals surface area (Å²) >= 11 is 5.77. The number of anilines is 1. The molecule has 1 aromatic heterocycles. The van der Waals surface area contributed by atoms with E-state index in [9.17, 15) is 8.42 Å². The molecule has 0 saturated carbocycles. The number of hydrogen-bond donors (Lipinski definition) is 1. The maximum absolute atomic E-state index is 11.8. The molecular formula is C11H17ClN2O2S. The zero-order valence-corrected chi connectivity index (χ0v) is 12.0. The summed E-state index contributed by atoms with van der Waals surface area (Å²) in [5.41, 5.74) is 0.888. The van der Waals surface area contributed by atoms with Gasteiger partial charge in [0.25, 0.3) is 0 Å². The van der Waals surface area contributed by atoms with Crippen LogP contribution in [0.5, 0.6) is 0 Å². The third-order valence-corrected chi connectivity index (χ3v) is 4.10. The van der Waals surface area contributed by atoms with Crippen molar-refractivity contribution in [2.75, 3.05) is 10.5 Å². The van der Waals surface area contributed by atoms with E-state index in [0.717, 1.165) is 5.56 Å². The van der Waals surface area contributed by atoms with Gasteiger partial charge in [-0.15, -0.1) is 0 Å². The van der Waals surface area contributed by atoms with Crippen LogP contribution in [0.25, 0.3) is 0 Å². The minimum atomic E-state index is -3.36. The van der Waals surface area contributed by atoms with Crippen LogP contribution in [0.3, 0.4) is 0 Å². The maximum atomic E-state index is 11.8. The van der Waals surface area contributed by atoms with Gasteiger partial charge in [-0.25, -0.2) is 13.4 Å². The van der Waals surface area contributed by atoms with Crippen molar-refractivity contribution < 1.29 is 8.42 Å². The first-order valence-electron chi connectivity index (χ1n) is 5.22. The van der Waals surface area contributed by atoms with Gasteiger partial charge >= 0.3 is 0 Å². The molecule has 0 atom stereocenters. The second-order valence-corrected chi connectivity index (χ2v) is 7.33. The molecule has 1 heterocycles. The molecule has 4 nitrogen and oxygen atoms in total. The van der Waals surface area contributed by atoms with Gasteiger partial charge in [0.15, 0.2) is 0 Å². The summed E-state index contributed by atoms with van der Waals surface area (Å²) in [6.07, 6.45) is 1.41. The van der Waals surface area contributed by atoms with E-state index in [0.29, 0.717) is 10.8 Å². The number of nitrogens with zero attached hydrogens (tertiary/aromatic N) is 1. The second kappa shape index (κ2) is 4.82. The first kappa shape index (κ1) is 14.3. The highest BCUT2D eigenvalue weighted by Crippen LogP contribution is 2.20. The summed E-state index contributed by atoms with van der Waals surface area (Å²) < 4.78 is 26.2. The first-order chi connectivity index (χ1) is 7.59. The number of rotatable bonds is 3. The fraction of sp³-hybridized carbons (Fsp3) is 0.545. The van der Waals surface area contributed by atoms with E-state index in [1.807, 2.05) is 20.8 Å². The monoisotopic (exact) mass is 276 g/mol. The molecule has 0 amide bonds. The van der Waals surface area contributed by atoms with Gasteiger partial charge in [-0.05, 0) is 24.0 Å². The molecule has 1 N–H and O–H groups in total. The predicted octanol–water partition coefficient (Wildman–Crippen LogP) is 2.83. The molecular weight excluding hydrogens is 260 g/mol. The summed E-state index contributed by atoms with van der Waals surface area (Å²) in [5.74, 6) is 0.0572. The molecule has 0 unspecified atom stereocenters. The highest BCUT2D eigenvalue weighted by molar-refractivity contribution is 7.92. The summed E-state index contributed by atoms with van der Waals surface area (Å²) in [6.45, 7) is 7.39. The van der Waals surface area contributed by atoms with E-state index in [-0.39, 0.29) is 11.2 Å². The number of aromatic nitrogens is 1. The highest BCUT2D eigenvalue weighted by atomic mass is 35.5. The van der Waals surface area contributed by atoms with Crippen LogP contribution in [-0.2, 0) is 10.0 Å². The van der Waals surface area contributed by atoms with Gasteiger partial charge in [-0.3, -0.25) is 4.72 Å². The Morgan fingerprint density at radius 1 is 1.41 bits per heavy atom. The number of hydrogen-bond acceptors (Lipinski definition) is 3. The van der Waals surface area contributed by atoms with Crippen LogP contribution in [0.1, 0.15) is 26.3 Å². The van der Waals surface area contributed by atoms with Gasteiger partial charge in [0, 0.05) is 0 Å². The van der Waals surface area contributed by atoms with Crippen LogP contribution in [0.2, 0.25) is 5.15 Å². The number of aryl methyl sites for hydroxylation is 1. The lowest BCUT2D eigenvalue weighted by Crippen LogP contribution is -2.26. The summed E-state index contributed by atoms with van der Waals surface area (Å²) in [7, 11) is -3.36. The molecule has 0 saturated heterocycles. The fourth-order valence-electron chi connectivity index (χ4n) is 1.40. The van der Waals surface area contributed by atoms with Crippen LogP contribution in [0.4, 0.5) is 5.69 Å². The third kappa shape index (κ3) is 4.91. The number of nitrogens with one attached hydrogen (secondary N) is 1. The molecule has 0 radical (unpaired) electrons. The Bertz CT molecular complexity index is 507. The molecule has 96 valence electrons. The van der Waals surface area contributed by atoms with Crippen LogP contribution in [0.15, 0.2) is 12.3 Å². The predicted molar refractivity (Wildman–Crippen MR) is 70.8 cm³/mol. The third-order valence-electron chi connectivity index (χ3n) is 1.91. The molecule has 0 fully saturated rings. The molecule has 1 aromatic rings. The van der Waals surface area contributed by atoms with Gasteiger partial charge in [0.1, 0.15) is 5.15 Å². The Labute approximate surface area is 107 Å². The number of pyridine rings is 1. The molecule has 1 rings (SSSR count). The van der Waals surface area contributed by atoms with Crippen LogP contribution >= 0.6 is 11.6 Å². The lowest BCUT2D eigenvalue weighted by atomic mass is 10.0. The molecule has 17 heavy (non-hydrogen) atoms. The largest absolute Gasteiger partial charge is 0.282 e. The van der Waals surface area contributed by atoms with Crippen LogP contribution in [-0.4, -0.2) is 19.2 Å². The van der Waals surface area contributed by atoms with Crippen molar-refractivity contribution in [2.24, 2.45) is 5.41 Å². The van der Waals surface area contributed by atoms with Gasteiger partial charge in [-0.1, -0.05) is 32.4 Å². The van der Waals surface area contributed by atoms with Gasteiger partial charge in [0.2, 0.25) is 10.0 Å². The van der Waals surface area contributed by atoms with Crippen LogP contribution in [0, 0.1) is 12.3 Å². The first-order valence-corrected chi connectivity index (χ1v) is 7.25. The number of sulfonamides is 1. The second-order valence-electron chi connectivity index (χ2n) is 5.25. The summed E-state index contributed by atoms with van der Waals surface area (Å²) in [5, 5.41) is 0.378. The zero-order chi connectivity index (χ0) is 13.3. The number of halogens is 1. The lowest BCUT2D eigenvalue weighted by Gasteiger charge is -2.18. The molecule has 0 aromatic carbocycles. The minimum absolute atomic E-state index is 0.0572. The quantitative estimate of drug-likeness (QED) is 0.864. The van der Waals surface area contributed by atoms with Crippen molar-refractivity contribution in [3.05, 3.63) is 23.0 Å². The van der Waals surface area contributed by atoms with E-state index in [1.165, 1.54) is 6.20 Å². The Balaban J connectivity index is 2.87. The molecule has 0 aliphatic rings. The Morgan fingerprint density at radius 3 is 2.47 bits per heavy atom. The van der Waals surface area contributed by atoms with Crippen molar-refractivity contribution in [2.45, 2.75) is 27.7 Å². The minimum Gasteiger partial charge on any atom is -0.282 e.